The Kier molecular flexibility index (Phi) is 6.75. The van der Waals surface area contributed by atoms with Crippen molar-refractivity contribution in [2.24, 2.45) is 5.92 Å². The molecule has 7 nitrogen and oxygen atoms in total. The Morgan fingerprint density at radius 2 is 2.15 bits per heavy atom. The third-order valence-electron chi connectivity index (χ3n) is 4.05. The second-order valence-corrected chi connectivity index (χ2v) is 5.85. The van der Waals surface area contributed by atoms with Gasteiger partial charge >= 0.3 is 5.97 Å². The number of hydrogen-bond acceptors (Lipinski definition) is 6. The number of nitrogens with one attached hydrogen (secondary N) is 1. The summed E-state index contributed by atoms with van der Waals surface area (Å²) in [5.41, 5.74) is 0.588. The first-order valence-electron chi connectivity index (χ1n) is 8.42. The van der Waals surface area contributed by atoms with Crippen LogP contribution in [-0.2, 0) is 14.3 Å². The van der Waals surface area contributed by atoms with Gasteiger partial charge in [0, 0.05) is 19.3 Å². The van der Waals surface area contributed by atoms with E-state index in [2.05, 4.69) is 5.32 Å². The maximum absolute atomic E-state index is 12.4. The van der Waals surface area contributed by atoms with E-state index in [4.69, 9.17) is 10.00 Å². The molecule has 1 aromatic rings. The van der Waals surface area contributed by atoms with Crippen molar-refractivity contribution in [2.75, 3.05) is 25.0 Å². The topological polar surface area (TPSA) is 106 Å². The molecule has 0 aromatic heterocycles. The molecule has 0 radical (unpaired) electrons. The van der Waals surface area contributed by atoms with E-state index in [0.717, 1.165) is 12.8 Å². The number of piperidine rings is 1. The van der Waals surface area contributed by atoms with E-state index in [1.807, 2.05) is 12.1 Å². The number of amides is 1. The van der Waals surface area contributed by atoms with Gasteiger partial charge in [0.05, 0.1) is 23.8 Å². The first kappa shape index (κ1) is 19.0. The summed E-state index contributed by atoms with van der Waals surface area (Å²) in [7, 11) is 0. The molecule has 1 aliphatic rings. The molecular weight excluding hydrogens is 332 g/mol. The van der Waals surface area contributed by atoms with Crippen LogP contribution >= 0.6 is 0 Å². The summed E-state index contributed by atoms with van der Waals surface area (Å²) >= 11 is 0. The average molecular weight is 352 g/mol. The van der Waals surface area contributed by atoms with Crippen LogP contribution in [0.1, 0.15) is 25.3 Å². The Labute approximate surface area is 152 Å². The standard InChI is InChI=1S/C19H20N4O3/c1-2-26-19(25)15-7-5-9-23(12-15)13-16(11-21)18(24)22-17-8-4-3-6-14(17)10-20/h3-4,6,8,13,15H,2,5,7,9,12H2,1H3,(H,22,24)/b16-13-. The Bertz CT molecular complexity index is 789. The summed E-state index contributed by atoms with van der Waals surface area (Å²) in [4.78, 5) is 26.1. The number of nitriles is 2. The number of anilines is 1. The highest BCUT2D eigenvalue weighted by molar-refractivity contribution is 6.07. The lowest BCUT2D eigenvalue weighted by Crippen LogP contribution is -2.37. The number of benzene rings is 1. The molecule has 134 valence electrons. The average Bonchev–Trinajstić information content (AvgIpc) is 2.66. The smallest absolute Gasteiger partial charge is 0.310 e. The zero-order valence-electron chi connectivity index (χ0n) is 14.6. The van der Waals surface area contributed by atoms with E-state index in [-0.39, 0.29) is 17.5 Å². The van der Waals surface area contributed by atoms with E-state index < -0.39 is 5.91 Å². The van der Waals surface area contributed by atoms with Crippen molar-refractivity contribution in [3.8, 4) is 12.1 Å². The van der Waals surface area contributed by atoms with Crippen molar-refractivity contribution in [3.63, 3.8) is 0 Å². The summed E-state index contributed by atoms with van der Waals surface area (Å²) in [5, 5.41) is 21.0. The monoisotopic (exact) mass is 352 g/mol. The molecule has 7 heteroatoms. The fourth-order valence-electron chi connectivity index (χ4n) is 2.78. The summed E-state index contributed by atoms with van der Waals surface area (Å²) in [5.74, 6) is -1.10. The van der Waals surface area contributed by atoms with Gasteiger partial charge in [-0.05, 0) is 31.9 Å². The molecule has 1 atom stereocenters. The SMILES string of the molecule is CCOC(=O)C1CCCN(/C=C(/C#N)C(=O)Nc2ccccc2C#N)C1. The first-order chi connectivity index (χ1) is 12.6. The molecule has 0 bridgehead atoms. The zero-order chi connectivity index (χ0) is 18.9. The molecule has 1 heterocycles. The van der Waals surface area contributed by atoms with E-state index >= 15 is 0 Å². The van der Waals surface area contributed by atoms with Crippen LogP contribution in [-0.4, -0.2) is 36.5 Å². The minimum atomic E-state index is -0.589. The highest BCUT2D eigenvalue weighted by Crippen LogP contribution is 2.20. The van der Waals surface area contributed by atoms with E-state index in [1.54, 1.807) is 36.1 Å². The number of esters is 1. The summed E-state index contributed by atoms with van der Waals surface area (Å²) in [6.45, 7) is 3.15. The molecule has 0 spiro atoms. The minimum absolute atomic E-state index is 0.0812. The largest absolute Gasteiger partial charge is 0.466 e. The predicted molar refractivity (Wildman–Crippen MR) is 94.4 cm³/mol. The third kappa shape index (κ3) is 4.84. The number of hydrogen-bond donors (Lipinski definition) is 1. The quantitative estimate of drug-likeness (QED) is 0.494. The fourth-order valence-corrected chi connectivity index (χ4v) is 2.78. The van der Waals surface area contributed by atoms with Gasteiger partial charge in [-0.15, -0.1) is 0 Å². The van der Waals surface area contributed by atoms with Gasteiger partial charge in [-0.3, -0.25) is 9.59 Å². The van der Waals surface area contributed by atoms with Crippen LogP contribution in [0, 0.1) is 28.6 Å². The first-order valence-corrected chi connectivity index (χ1v) is 8.42. The van der Waals surface area contributed by atoms with E-state index in [9.17, 15) is 14.9 Å². The van der Waals surface area contributed by atoms with Gasteiger partial charge in [0.1, 0.15) is 17.7 Å². The van der Waals surface area contributed by atoms with E-state index in [1.165, 1.54) is 6.20 Å². The van der Waals surface area contributed by atoms with Crippen molar-refractivity contribution in [2.45, 2.75) is 19.8 Å². The number of nitrogens with zero attached hydrogens (tertiary/aromatic N) is 3. The molecule has 1 fully saturated rings. The summed E-state index contributed by atoms with van der Waals surface area (Å²) < 4.78 is 5.05. The molecule has 0 saturated carbocycles. The van der Waals surface area contributed by atoms with Crippen molar-refractivity contribution in [1.82, 2.24) is 4.90 Å². The second-order valence-electron chi connectivity index (χ2n) is 5.85. The molecule has 1 aliphatic heterocycles. The minimum Gasteiger partial charge on any atom is -0.466 e. The molecule has 26 heavy (non-hydrogen) atoms. The Morgan fingerprint density at radius 3 is 2.85 bits per heavy atom. The zero-order valence-corrected chi connectivity index (χ0v) is 14.6. The van der Waals surface area contributed by atoms with Gasteiger partial charge in [-0.25, -0.2) is 0 Å². The predicted octanol–water partition coefficient (Wildman–Crippen LogP) is 2.18. The number of carbonyl (C=O) groups is 2. The maximum Gasteiger partial charge on any atom is 0.310 e. The highest BCUT2D eigenvalue weighted by Gasteiger charge is 2.26. The molecule has 1 aromatic carbocycles. The lowest BCUT2D eigenvalue weighted by molar-refractivity contribution is -0.149. The number of ether oxygens (including phenoxy) is 1. The molecule has 1 N–H and O–H groups in total. The lowest BCUT2D eigenvalue weighted by atomic mass is 9.98. The normalized spacial score (nSPS) is 17.0. The van der Waals surface area contributed by atoms with Crippen LogP contribution in [0.4, 0.5) is 5.69 Å². The van der Waals surface area contributed by atoms with Crippen molar-refractivity contribution in [1.29, 1.82) is 10.5 Å². The molecule has 1 amide bonds. The van der Waals surface area contributed by atoms with Gasteiger partial charge in [-0.1, -0.05) is 12.1 Å². The highest BCUT2D eigenvalue weighted by atomic mass is 16.5. The van der Waals surface area contributed by atoms with Crippen molar-refractivity contribution >= 4 is 17.6 Å². The number of likely N-dealkylation sites (tertiary alicyclic amines) is 1. The number of carbonyl (C=O) groups excluding carboxylic acids is 2. The third-order valence-corrected chi connectivity index (χ3v) is 4.05. The molecule has 0 aliphatic carbocycles. The van der Waals surface area contributed by atoms with Gasteiger partial charge in [0.2, 0.25) is 0 Å². The van der Waals surface area contributed by atoms with Gasteiger partial charge in [0.25, 0.3) is 5.91 Å². The molecule has 1 unspecified atom stereocenters. The van der Waals surface area contributed by atoms with Gasteiger partial charge in [0.15, 0.2) is 0 Å². The van der Waals surface area contributed by atoms with Crippen LogP contribution in [0.15, 0.2) is 36.0 Å². The Hall–Kier alpha value is -3.32. The van der Waals surface area contributed by atoms with Gasteiger partial charge in [-0.2, -0.15) is 10.5 Å². The summed E-state index contributed by atoms with van der Waals surface area (Å²) in [6.07, 6.45) is 2.97. The molecule has 1 saturated heterocycles. The fraction of sp³-hybridized carbons (Fsp3) is 0.368. The Balaban J connectivity index is 2.09. The van der Waals surface area contributed by atoms with Crippen LogP contribution in [0.3, 0.4) is 0 Å². The number of rotatable bonds is 5. The van der Waals surface area contributed by atoms with Crippen LogP contribution in [0.25, 0.3) is 0 Å². The summed E-state index contributed by atoms with van der Waals surface area (Å²) in [6, 6.07) is 10.4. The molecule has 2 rings (SSSR count). The van der Waals surface area contributed by atoms with Crippen LogP contribution < -0.4 is 5.32 Å². The maximum atomic E-state index is 12.4. The van der Waals surface area contributed by atoms with Crippen LogP contribution in [0.5, 0.6) is 0 Å². The number of para-hydroxylation sites is 1. The van der Waals surface area contributed by atoms with Crippen molar-refractivity contribution < 1.29 is 14.3 Å². The van der Waals surface area contributed by atoms with Crippen molar-refractivity contribution in [3.05, 3.63) is 41.6 Å². The van der Waals surface area contributed by atoms with Crippen LogP contribution in [0.2, 0.25) is 0 Å². The Morgan fingerprint density at radius 1 is 1.38 bits per heavy atom. The lowest BCUT2D eigenvalue weighted by Gasteiger charge is -2.30. The van der Waals surface area contributed by atoms with Gasteiger partial charge < -0.3 is 15.0 Å². The van der Waals surface area contributed by atoms with E-state index in [0.29, 0.717) is 30.9 Å². The second kappa shape index (κ2) is 9.24. The molecular formula is C19H20N4O3.